The largest absolute Gasteiger partial charge is 2.00 e. The van der Waals surface area contributed by atoms with Crippen molar-refractivity contribution in [2.75, 3.05) is 11.9 Å². The van der Waals surface area contributed by atoms with Crippen LogP contribution in [-0.2, 0) is 17.1 Å². The van der Waals surface area contributed by atoms with E-state index in [1.165, 1.54) is 5.92 Å². The molecule has 0 unspecified atom stereocenters. The van der Waals surface area contributed by atoms with Gasteiger partial charge in [-0.25, -0.2) is 9.97 Å². The van der Waals surface area contributed by atoms with E-state index in [2.05, 4.69) is 28.1 Å². The van der Waals surface area contributed by atoms with E-state index < -0.39 is 0 Å². The smallest absolute Gasteiger partial charge is 0.369 e. The van der Waals surface area contributed by atoms with Gasteiger partial charge in [-0.1, -0.05) is 0 Å². The van der Waals surface area contributed by atoms with Crippen LogP contribution in [0.25, 0.3) is 11.0 Å². The number of hydrogen-bond donors (Lipinski definition) is 1. The second-order valence-electron chi connectivity index (χ2n) is 5.30. The number of rotatable bonds is 3. The summed E-state index contributed by atoms with van der Waals surface area (Å²) in [7, 11) is 0. The van der Waals surface area contributed by atoms with Crippen LogP contribution < -0.4 is 5.32 Å². The van der Waals surface area contributed by atoms with E-state index in [0.29, 0.717) is 0 Å². The van der Waals surface area contributed by atoms with E-state index >= 15 is 0 Å². The van der Waals surface area contributed by atoms with Gasteiger partial charge in [-0.2, -0.15) is 0 Å². The van der Waals surface area contributed by atoms with Gasteiger partial charge in [-0.05, 0) is 89.0 Å². The first-order valence-corrected chi connectivity index (χ1v) is 7.67. The van der Waals surface area contributed by atoms with Crippen molar-refractivity contribution in [3.8, 4) is 0 Å². The summed E-state index contributed by atoms with van der Waals surface area (Å²) in [6.07, 6.45) is 18.3. The molecule has 0 atom stereocenters. The Bertz CT molecular complexity index is 612. The third-order valence-corrected chi connectivity index (χ3v) is 3.45. The van der Waals surface area contributed by atoms with Crippen LogP contribution in [0.5, 0.6) is 0 Å². The van der Waals surface area contributed by atoms with Gasteiger partial charge in [-0.3, -0.25) is 0 Å². The minimum atomic E-state index is 0. The van der Waals surface area contributed by atoms with E-state index in [1.807, 2.05) is 76.1 Å². The second-order valence-corrected chi connectivity index (χ2v) is 5.30. The van der Waals surface area contributed by atoms with E-state index in [0.717, 1.165) is 29.1 Å². The molecule has 24 heavy (non-hydrogen) atoms. The molecule has 0 spiro atoms. The van der Waals surface area contributed by atoms with E-state index in [4.69, 9.17) is 0 Å². The summed E-state index contributed by atoms with van der Waals surface area (Å²) >= 11 is 0. The number of pyridine rings is 2. The molecule has 0 saturated heterocycles. The molecule has 2 heterocycles. The van der Waals surface area contributed by atoms with E-state index in [9.17, 15) is 0 Å². The zero-order valence-corrected chi connectivity index (χ0v) is 14.6. The molecule has 120 valence electrons. The number of aromatic nitrogens is 2. The summed E-state index contributed by atoms with van der Waals surface area (Å²) in [5, 5.41) is 4.38. The Labute approximate surface area is 156 Å². The fourth-order valence-corrected chi connectivity index (χ4v) is 2.24. The van der Waals surface area contributed by atoms with Gasteiger partial charge in [0, 0.05) is 23.5 Å². The normalized spacial score (nSPS) is 17.2. The first kappa shape index (κ1) is 19.2. The topological polar surface area (TPSA) is 37.8 Å². The zero-order chi connectivity index (χ0) is 15.9. The molecule has 2 aromatic heterocycles. The summed E-state index contributed by atoms with van der Waals surface area (Å²) in [5.74, 6) is 2.12. The first-order valence-electron chi connectivity index (χ1n) is 7.67. The van der Waals surface area contributed by atoms with Crippen LogP contribution in [0.1, 0.15) is 5.69 Å². The average molecular weight is 357 g/mol. The van der Waals surface area contributed by atoms with Gasteiger partial charge >= 0.3 is 17.1 Å². The summed E-state index contributed by atoms with van der Waals surface area (Å²) < 4.78 is 0. The third kappa shape index (κ3) is 5.75. The maximum Gasteiger partial charge on any atom is 2.00 e. The predicted octanol–water partition coefficient (Wildman–Crippen LogP) is 3.77. The Morgan fingerprint density at radius 1 is 0.792 bits per heavy atom. The third-order valence-electron chi connectivity index (χ3n) is 3.45. The molecule has 0 amide bonds. The quantitative estimate of drug-likeness (QED) is 0.850. The Morgan fingerprint density at radius 3 is 2.08 bits per heavy atom. The van der Waals surface area contributed by atoms with Crippen molar-refractivity contribution in [3.63, 3.8) is 0 Å². The van der Waals surface area contributed by atoms with Gasteiger partial charge in [0.15, 0.2) is 5.65 Å². The molecular formula is C20H19FeN3+2. The maximum absolute atomic E-state index is 4.51. The Kier molecular flexibility index (Phi) is 8.01. The van der Waals surface area contributed by atoms with Gasteiger partial charge in [0.2, 0.25) is 0 Å². The number of nitrogens with one attached hydrogen (secondary N) is 1. The fourth-order valence-electron chi connectivity index (χ4n) is 2.24. The van der Waals surface area contributed by atoms with Crippen molar-refractivity contribution in [2.24, 2.45) is 0 Å². The molecule has 2 aliphatic carbocycles. The van der Waals surface area contributed by atoms with Gasteiger partial charge in [-0.15, -0.1) is 0 Å². The molecule has 0 aliphatic heterocycles. The molecule has 2 aliphatic rings. The summed E-state index contributed by atoms with van der Waals surface area (Å²) in [5.41, 5.74) is 1.78. The van der Waals surface area contributed by atoms with Gasteiger partial charge < -0.3 is 5.32 Å². The van der Waals surface area contributed by atoms with Crippen molar-refractivity contribution in [1.82, 2.24) is 9.97 Å². The molecule has 10 radical (unpaired) electrons. The first-order chi connectivity index (χ1) is 11.3. The van der Waals surface area contributed by atoms with Crippen LogP contribution in [0, 0.1) is 70.6 Å². The van der Waals surface area contributed by atoms with Gasteiger partial charge in [0.1, 0.15) is 5.82 Å². The molecule has 4 rings (SSSR count). The zero-order valence-electron chi connectivity index (χ0n) is 13.5. The van der Waals surface area contributed by atoms with E-state index in [1.54, 1.807) is 0 Å². The van der Waals surface area contributed by atoms with Crippen molar-refractivity contribution in [1.29, 1.82) is 0 Å². The monoisotopic (exact) mass is 357 g/mol. The fraction of sp³-hybridized carbons (Fsp3) is 0.100. The number of anilines is 1. The molecule has 0 bridgehead atoms. The summed E-state index contributed by atoms with van der Waals surface area (Å²) in [4.78, 5) is 8.94. The van der Waals surface area contributed by atoms with Crippen LogP contribution in [0.2, 0.25) is 0 Å². The Hall–Kier alpha value is -1.12. The van der Waals surface area contributed by atoms with Crippen LogP contribution in [0.3, 0.4) is 0 Å². The van der Waals surface area contributed by atoms with Crippen molar-refractivity contribution in [3.05, 3.63) is 93.7 Å². The SMILES string of the molecule is Cc1ccc2ccc(NC[C]3[CH][CH][CH][CH]3)nc2n1.[CH]1[CH][CH][CH][CH]1.[Fe+2]. The molecular weight excluding hydrogens is 338 g/mol. The number of nitrogens with zero attached hydrogens (tertiary/aromatic N) is 2. The van der Waals surface area contributed by atoms with Gasteiger partial charge in [0.25, 0.3) is 0 Å². The van der Waals surface area contributed by atoms with Crippen molar-refractivity contribution >= 4 is 16.9 Å². The minimum Gasteiger partial charge on any atom is -0.369 e. The van der Waals surface area contributed by atoms with Crippen LogP contribution in [-0.4, -0.2) is 16.5 Å². The van der Waals surface area contributed by atoms with Gasteiger partial charge in [0.05, 0.1) is 0 Å². The molecule has 3 nitrogen and oxygen atoms in total. The number of aryl methyl sites for hydroxylation is 1. The van der Waals surface area contributed by atoms with Crippen LogP contribution in [0.4, 0.5) is 5.82 Å². The molecule has 2 aromatic rings. The maximum atomic E-state index is 4.51. The molecule has 2 fully saturated rings. The number of hydrogen-bond acceptors (Lipinski definition) is 3. The van der Waals surface area contributed by atoms with Crippen LogP contribution >= 0.6 is 0 Å². The standard InChI is InChI=1S/C15H14N3.C5H5.Fe/c1-11-6-7-13-8-9-14(18-15(13)17-11)16-10-12-4-2-3-5-12;1-2-4-5-3-1;/h2-9H,10H2,1H3,(H,16,17,18);1-5H;/q;;+2. The molecule has 2 saturated carbocycles. The molecule has 0 aromatic carbocycles. The van der Waals surface area contributed by atoms with Crippen LogP contribution in [0.15, 0.2) is 24.3 Å². The average Bonchev–Trinajstić information content (AvgIpc) is 3.28. The second kappa shape index (κ2) is 10.0. The Morgan fingerprint density at radius 2 is 1.42 bits per heavy atom. The van der Waals surface area contributed by atoms with Crippen molar-refractivity contribution in [2.45, 2.75) is 6.92 Å². The van der Waals surface area contributed by atoms with E-state index in [-0.39, 0.29) is 17.1 Å². The summed E-state index contributed by atoms with van der Waals surface area (Å²) in [6, 6.07) is 8.08. The summed E-state index contributed by atoms with van der Waals surface area (Å²) in [6.45, 7) is 2.77. The molecule has 1 N–H and O–H groups in total. The number of fused-ring (bicyclic) bond motifs is 1. The Balaban J connectivity index is 0.000000300. The van der Waals surface area contributed by atoms with Crippen molar-refractivity contribution < 1.29 is 17.1 Å². The minimum absolute atomic E-state index is 0. The molecule has 4 heteroatoms. The predicted molar refractivity (Wildman–Crippen MR) is 94.7 cm³/mol.